The van der Waals surface area contributed by atoms with E-state index >= 15 is 0 Å². The zero-order valence-corrected chi connectivity index (χ0v) is 9.45. The molecule has 0 saturated heterocycles. The van der Waals surface area contributed by atoms with Gasteiger partial charge in [-0.1, -0.05) is 6.92 Å². The van der Waals surface area contributed by atoms with Gasteiger partial charge < -0.3 is 15.4 Å². The van der Waals surface area contributed by atoms with Crippen LogP contribution in [0.15, 0.2) is 0 Å². The van der Waals surface area contributed by atoms with E-state index in [-0.39, 0.29) is 11.9 Å². The summed E-state index contributed by atoms with van der Waals surface area (Å²) in [6.07, 6.45) is 0.964. The average molecular weight is 202 g/mol. The highest BCUT2D eigenvalue weighted by Crippen LogP contribution is 2.01. The van der Waals surface area contributed by atoms with Gasteiger partial charge in [0.1, 0.15) is 0 Å². The SMILES string of the molecule is CCOC(=O)C(C)CN(C)CCCN. The van der Waals surface area contributed by atoms with Crippen molar-refractivity contribution in [3.05, 3.63) is 0 Å². The number of nitrogens with zero attached hydrogens (tertiary/aromatic N) is 1. The monoisotopic (exact) mass is 202 g/mol. The van der Waals surface area contributed by atoms with Gasteiger partial charge in [-0.15, -0.1) is 0 Å². The molecule has 0 heterocycles. The molecule has 0 spiro atoms. The second kappa shape index (κ2) is 7.76. The van der Waals surface area contributed by atoms with Crippen LogP contribution in [0.25, 0.3) is 0 Å². The summed E-state index contributed by atoms with van der Waals surface area (Å²) >= 11 is 0. The van der Waals surface area contributed by atoms with Crippen molar-refractivity contribution >= 4 is 5.97 Å². The maximum absolute atomic E-state index is 11.3. The Morgan fingerprint density at radius 3 is 2.71 bits per heavy atom. The van der Waals surface area contributed by atoms with Crippen LogP contribution in [0, 0.1) is 5.92 Å². The molecule has 0 fully saturated rings. The number of hydrogen-bond donors (Lipinski definition) is 1. The van der Waals surface area contributed by atoms with Crippen molar-refractivity contribution in [1.29, 1.82) is 0 Å². The summed E-state index contributed by atoms with van der Waals surface area (Å²) in [5.41, 5.74) is 5.40. The second-order valence-corrected chi connectivity index (χ2v) is 3.56. The zero-order chi connectivity index (χ0) is 11.0. The van der Waals surface area contributed by atoms with Gasteiger partial charge in [-0.3, -0.25) is 4.79 Å². The number of rotatable bonds is 7. The highest BCUT2D eigenvalue weighted by Gasteiger charge is 2.15. The van der Waals surface area contributed by atoms with Crippen molar-refractivity contribution in [1.82, 2.24) is 4.90 Å². The van der Waals surface area contributed by atoms with Crippen LogP contribution in [0.4, 0.5) is 0 Å². The van der Waals surface area contributed by atoms with Gasteiger partial charge >= 0.3 is 5.97 Å². The summed E-state index contributed by atoms with van der Waals surface area (Å²) in [6, 6.07) is 0. The molecule has 14 heavy (non-hydrogen) atoms. The van der Waals surface area contributed by atoms with Crippen LogP contribution in [0.1, 0.15) is 20.3 Å². The van der Waals surface area contributed by atoms with Crippen LogP contribution >= 0.6 is 0 Å². The Morgan fingerprint density at radius 1 is 1.57 bits per heavy atom. The summed E-state index contributed by atoms with van der Waals surface area (Å²) in [5.74, 6) is -0.176. The topological polar surface area (TPSA) is 55.6 Å². The Morgan fingerprint density at radius 2 is 2.21 bits per heavy atom. The molecule has 0 aromatic carbocycles. The van der Waals surface area contributed by atoms with Crippen molar-refractivity contribution in [2.24, 2.45) is 11.7 Å². The Balaban J connectivity index is 3.68. The fourth-order valence-corrected chi connectivity index (χ4v) is 1.28. The first-order valence-corrected chi connectivity index (χ1v) is 5.17. The lowest BCUT2D eigenvalue weighted by Gasteiger charge is -2.19. The molecular formula is C10H22N2O2. The van der Waals surface area contributed by atoms with Crippen molar-refractivity contribution in [3.8, 4) is 0 Å². The zero-order valence-electron chi connectivity index (χ0n) is 9.45. The number of carbonyl (C=O) groups excluding carboxylic acids is 1. The highest BCUT2D eigenvalue weighted by molar-refractivity contribution is 5.72. The van der Waals surface area contributed by atoms with Crippen molar-refractivity contribution in [3.63, 3.8) is 0 Å². The van der Waals surface area contributed by atoms with E-state index in [9.17, 15) is 4.79 Å². The Hall–Kier alpha value is -0.610. The van der Waals surface area contributed by atoms with Crippen LogP contribution in [-0.2, 0) is 9.53 Å². The van der Waals surface area contributed by atoms with Gasteiger partial charge in [0.2, 0.25) is 0 Å². The third-order valence-electron chi connectivity index (χ3n) is 2.02. The molecule has 84 valence electrons. The fourth-order valence-electron chi connectivity index (χ4n) is 1.28. The largest absolute Gasteiger partial charge is 0.466 e. The number of ether oxygens (including phenoxy) is 1. The van der Waals surface area contributed by atoms with Gasteiger partial charge in [-0.05, 0) is 33.5 Å². The minimum absolute atomic E-state index is 0.0577. The third-order valence-corrected chi connectivity index (χ3v) is 2.02. The van der Waals surface area contributed by atoms with Crippen LogP contribution in [0.5, 0.6) is 0 Å². The molecule has 4 nitrogen and oxygen atoms in total. The van der Waals surface area contributed by atoms with Crippen molar-refractivity contribution in [2.45, 2.75) is 20.3 Å². The molecule has 0 aromatic rings. The first-order valence-electron chi connectivity index (χ1n) is 5.17. The lowest BCUT2D eigenvalue weighted by atomic mass is 10.1. The molecule has 0 saturated carbocycles. The van der Waals surface area contributed by atoms with Crippen molar-refractivity contribution < 1.29 is 9.53 Å². The minimum atomic E-state index is -0.118. The predicted molar refractivity (Wildman–Crippen MR) is 57.0 cm³/mol. The van der Waals surface area contributed by atoms with Gasteiger partial charge in [-0.2, -0.15) is 0 Å². The molecule has 0 aliphatic carbocycles. The van der Waals surface area contributed by atoms with E-state index in [2.05, 4.69) is 4.90 Å². The number of nitrogens with two attached hydrogens (primary N) is 1. The average Bonchev–Trinajstić information content (AvgIpc) is 2.15. The summed E-state index contributed by atoms with van der Waals surface area (Å²) in [6.45, 7) is 6.52. The minimum Gasteiger partial charge on any atom is -0.466 e. The lowest BCUT2D eigenvalue weighted by molar-refractivity contribution is -0.147. The molecular weight excluding hydrogens is 180 g/mol. The van der Waals surface area contributed by atoms with Gasteiger partial charge in [0.15, 0.2) is 0 Å². The summed E-state index contributed by atoms with van der Waals surface area (Å²) in [7, 11) is 1.99. The number of carbonyl (C=O) groups is 1. The van der Waals surface area contributed by atoms with Crippen LogP contribution in [0.2, 0.25) is 0 Å². The van der Waals surface area contributed by atoms with Gasteiger partial charge in [0.05, 0.1) is 12.5 Å². The fraction of sp³-hybridized carbons (Fsp3) is 0.900. The normalized spacial score (nSPS) is 12.9. The number of esters is 1. The smallest absolute Gasteiger partial charge is 0.309 e. The Bertz CT molecular complexity index is 162. The van der Waals surface area contributed by atoms with E-state index in [0.29, 0.717) is 13.2 Å². The second-order valence-electron chi connectivity index (χ2n) is 3.56. The molecule has 4 heteroatoms. The third kappa shape index (κ3) is 5.94. The summed E-state index contributed by atoms with van der Waals surface area (Å²) in [5, 5.41) is 0. The molecule has 0 bridgehead atoms. The Labute approximate surface area is 86.4 Å². The molecule has 0 aliphatic rings. The quantitative estimate of drug-likeness (QED) is 0.610. The molecule has 1 atom stereocenters. The van der Waals surface area contributed by atoms with E-state index in [1.165, 1.54) is 0 Å². The molecule has 0 aliphatic heterocycles. The molecule has 1 unspecified atom stereocenters. The molecule has 0 rings (SSSR count). The summed E-state index contributed by atoms with van der Waals surface area (Å²) in [4.78, 5) is 13.4. The summed E-state index contributed by atoms with van der Waals surface area (Å²) < 4.78 is 4.92. The first kappa shape index (κ1) is 13.4. The van der Waals surface area contributed by atoms with Crippen LogP contribution in [-0.4, -0.2) is 44.2 Å². The lowest BCUT2D eigenvalue weighted by Crippen LogP contribution is -2.31. The number of hydrogen-bond acceptors (Lipinski definition) is 4. The first-order chi connectivity index (χ1) is 6.61. The molecule has 0 aromatic heterocycles. The molecule has 2 N–H and O–H groups in total. The van der Waals surface area contributed by atoms with E-state index < -0.39 is 0 Å². The van der Waals surface area contributed by atoms with E-state index in [0.717, 1.165) is 19.5 Å². The maximum atomic E-state index is 11.3. The van der Waals surface area contributed by atoms with Crippen molar-refractivity contribution in [2.75, 3.05) is 33.3 Å². The van der Waals surface area contributed by atoms with Gasteiger partial charge in [0, 0.05) is 6.54 Å². The van der Waals surface area contributed by atoms with E-state index in [1.807, 2.05) is 20.9 Å². The molecule has 0 amide bonds. The highest BCUT2D eigenvalue weighted by atomic mass is 16.5. The van der Waals surface area contributed by atoms with E-state index in [1.54, 1.807) is 0 Å². The predicted octanol–water partition coefficient (Wildman–Crippen LogP) is 0.466. The van der Waals surface area contributed by atoms with Gasteiger partial charge in [-0.25, -0.2) is 0 Å². The van der Waals surface area contributed by atoms with Gasteiger partial charge in [0.25, 0.3) is 0 Å². The van der Waals surface area contributed by atoms with E-state index in [4.69, 9.17) is 10.5 Å². The van der Waals surface area contributed by atoms with Crippen LogP contribution < -0.4 is 5.73 Å². The maximum Gasteiger partial charge on any atom is 0.309 e. The Kier molecular flexibility index (Phi) is 7.42. The molecule has 0 radical (unpaired) electrons. The van der Waals surface area contributed by atoms with Crippen LogP contribution in [0.3, 0.4) is 0 Å². The standard InChI is InChI=1S/C10H22N2O2/c1-4-14-10(13)9(2)8-12(3)7-5-6-11/h9H,4-8,11H2,1-3H3.